The van der Waals surface area contributed by atoms with E-state index in [0.717, 1.165) is 25.7 Å². The van der Waals surface area contributed by atoms with Crippen molar-refractivity contribution in [1.82, 2.24) is 10.3 Å². The Morgan fingerprint density at radius 3 is 2.68 bits per heavy atom. The molecule has 37 heavy (non-hydrogen) atoms. The number of aliphatic hydroxyl groups is 1. The lowest BCUT2D eigenvalue weighted by molar-refractivity contribution is 0.0953. The first kappa shape index (κ1) is 25.0. The van der Waals surface area contributed by atoms with Gasteiger partial charge in [-0.05, 0) is 66.3 Å². The summed E-state index contributed by atoms with van der Waals surface area (Å²) in [4.78, 5) is 18.3. The molecule has 0 saturated heterocycles. The van der Waals surface area contributed by atoms with Crippen molar-refractivity contribution in [2.24, 2.45) is 0 Å². The minimum atomic E-state index is -0.819. The van der Waals surface area contributed by atoms with E-state index in [-0.39, 0.29) is 11.7 Å². The molecule has 1 unspecified atom stereocenters. The van der Waals surface area contributed by atoms with E-state index in [2.05, 4.69) is 12.2 Å². The molecular weight excluding hydrogens is 470 g/mol. The maximum absolute atomic E-state index is 14.5. The molecule has 0 spiro atoms. The van der Waals surface area contributed by atoms with Gasteiger partial charge in [-0.1, -0.05) is 56.5 Å². The molecule has 6 heteroatoms. The number of fused-ring (bicyclic) bond motifs is 4. The van der Waals surface area contributed by atoms with Crippen molar-refractivity contribution < 1.29 is 18.7 Å². The number of hydrogen-bond donors (Lipinski definition) is 2. The number of amides is 1. The van der Waals surface area contributed by atoms with Crippen LogP contribution < -0.4 is 5.32 Å². The standard InChI is InChI=1S/C31H30F2N2O2/c1-2-3-4-7-16-34-31(37)29-23-13-15-28(36)24-17-19(21-8-5-6-9-26(21)33)10-12-22(24)30(23)35-27-14-11-20(32)18-25(27)29/h5-6,8-12,14,17-18,28,36H,2-4,7,13,15-16H2,1H3,(H,34,37). The van der Waals surface area contributed by atoms with Crippen LogP contribution >= 0.6 is 0 Å². The van der Waals surface area contributed by atoms with E-state index in [9.17, 15) is 18.7 Å². The number of carbonyl (C=O) groups excluding carboxylic acids is 1. The molecule has 2 N–H and O–H groups in total. The average Bonchev–Trinajstić information content (AvgIpc) is 3.03. The molecule has 1 atom stereocenters. The van der Waals surface area contributed by atoms with Gasteiger partial charge in [-0.2, -0.15) is 0 Å². The summed E-state index contributed by atoms with van der Waals surface area (Å²) in [5, 5.41) is 14.6. The van der Waals surface area contributed by atoms with Gasteiger partial charge < -0.3 is 10.4 Å². The van der Waals surface area contributed by atoms with Crippen LogP contribution in [0, 0.1) is 11.6 Å². The van der Waals surface area contributed by atoms with Crippen molar-refractivity contribution in [1.29, 1.82) is 0 Å². The lowest BCUT2D eigenvalue weighted by Crippen LogP contribution is -2.26. The SMILES string of the molecule is CCCCCCNC(=O)c1c2c(nc3ccc(F)cc13)-c1ccc(-c3ccccc3F)cc1C(O)CC2. The number of benzene rings is 3. The number of carbonyl (C=O) groups is 1. The third kappa shape index (κ3) is 4.98. The Hall–Kier alpha value is -3.64. The summed E-state index contributed by atoms with van der Waals surface area (Å²) in [6.45, 7) is 2.68. The predicted octanol–water partition coefficient (Wildman–Crippen LogP) is 7.14. The van der Waals surface area contributed by atoms with Crippen LogP contribution in [-0.2, 0) is 6.42 Å². The van der Waals surface area contributed by atoms with Crippen molar-refractivity contribution in [2.75, 3.05) is 6.54 Å². The Morgan fingerprint density at radius 1 is 1.03 bits per heavy atom. The molecule has 190 valence electrons. The Kier molecular flexibility index (Phi) is 7.28. The second kappa shape index (κ2) is 10.8. The summed E-state index contributed by atoms with van der Waals surface area (Å²) in [5.74, 6) is -1.03. The normalized spacial score (nSPS) is 14.6. The maximum Gasteiger partial charge on any atom is 0.252 e. The van der Waals surface area contributed by atoms with E-state index in [0.29, 0.717) is 69.4 Å². The molecule has 1 aliphatic carbocycles. The molecule has 4 aromatic rings. The zero-order valence-electron chi connectivity index (χ0n) is 20.9. The highest BCUT2D eigenvalue weighted by molar-refractivity contribution is 6.09. The molecule has 3 aromatic carbocycles. The summed E-state index contributed by atoms with van der Waals surface area (Å²) in [6.07, 6.45) is 4.07. The number of halogens is 2. The van der Waals surface area contributed by atoms with Gasteiger partial charge in [0, 0.05) is 23.1 Å². The molecule has 1 aromatic heterocycles. The van der Waals surface area contributed by atoms with Crippen LogP contribution in [-0.4, -0.2) is 22.5 Å². The van der Waals surface area contributed by atoms with Crippen molar-refractivity contribution in [2.45, 2.75) is 51.6 Å². The fourth-order valence-electron chi connectivity index (χ4n) is 5.20. The van der Waals surface area contributed by atoms with Crippen LogP contribution in [0.5, 0.6) is 0 Å². The monoisotopic (exact) mass is 500 g/mol. The van der Waals surface area contributed by atoms with Crippen molar-refractivity contribution in [3.05, 3.63) is 89.0 Å². The lowest BCUT2D eigenvalue weighted by Gasteiger charge is -2.17. The van der Waals surface area contributed by atoms with E-state index in [1.807, 2.05) is 12.1 Å². The second-order valence-corrected chi connectivity index (χ2v) is 9.63. The van der Waals surface area contributed by atoms with Gasteiger partial charge in [0.25, 0.3) is 5.91 Å². The first-order valence-corrected chi connectivity index (χ1v) is 13.0. The van der Waals surface area contributed by atoms with Gasteiger partial charge in [-0.15, -0.1) is 0 Å². The third-order valence-corrected chi connectivity index (χ3v) is 7.11. The quantitative estimate of drug-likeness (QED) is 0.265. The van der Waals surface area contributed by atoms with Crippen molar-refractivity contribution in [3.8, 4) is 22.4 Å². The maximum atomic E-state index is 14.5. The van der Waals surface area contributed by atoms with Crippen LogP contribution in [0.25, 0.3) is 33.3 Å². The molecule has 0 aliphatic heterocycles. The molecule has 0 saturated carbocycles. The molecule has 1 amide bonds. The Bertz CT molecular complexity index is 1470. The molecule has 0 fully saturated rings. The number of pyridine rings is 1. The summed E-state index contributed by atoms with van der Waals surface area (Å²) in [6, 6.07) is 16.2. The average molecular weight is 501 g/mol. The summed E-state index contributed by atoms with van der Waals surface area (Å²) in [7, 11) is 0. The molecule has 4 nitrogen and oxygen atoms in total. The van der Waals surface area contributed by atoms with Gasteiger partial charge in [-0.25, -0.2) is 13.8 Å². The number of nitrogens with zero attached hydrogens (tertiary/aromatic N) is 1. The first-order valence-electron chi connectivity index (χ1n) is 13.0. The van der Waals surface area contributed by atoms with E-state index in [4.69, 9.17) is 4.98 Å². The second-order valence-electron chi connectivity index (χ2n) is 9.63. The topological polar surface area (TPSA) is 62.2 Å². The first-order chi connectivity index (χ1) is 18.0. The van der Waals surface area contributed by atoms with Crippen LogP contribution in [0.4, 0.5) is 8.78 Å². The van der Waals surface area contributed by atoms with Crippen LogP contribution in [0.15, 0.2) is 60.7 Å². The Morgan fingerprint density at radius 2 is 1.86 bits per heavy atom. The van der Waals surface area contributed by atoms with Crippen molar-refractivity contribution >= 4 is 16.8 Å². The van der Waals surface area contributed by atoms with Gasteiger partial charge in [0.15, 0.2) is 0 Å². The number of nitrogens with one attached hydrogen (secondary N) is 1. The highest BCUT2D eigenvalue weighted by atomic mass is 19.1. The van der Waals surface area contributed by atoms with Gasteiger partial charge in [0.2, 0.25) is 0 Å². The van der Waals surface area contributed by atoms with Gasteiger partial charge >= 0.3 is 0 Å². The fraction of sp³-hybridized carbons (Fsp3) is 0.290. The summed E-state index contributed by atoms with van der Waals surface area (Å²) >= 11 is 0. The van der Waals surface area contributed by atoms with E-state index >= 15 is 0 Å². The molecular formula is C31H30F2N2O2. The number of rotatable bonds is 7. The van der Waals surface area contributed by atoms with Gasteiger partial charge in [0.05, 0.1) is 22.9 Å². The van der Waals surface area contributed by atoms with Crippen molar-refractivity contribution in [3.63, 3.8) is 0 Å². The van der Waals surface area contributed by atoms with Crippen LogP contribution in [0.2, 0.25) is 0 Å². The minimum absolute atomic E-state index is 0.258. The van der Waals surface area contributed by atoms with Gasteiger partial charge in [0.1, 0.15) is 11.6 Å². The molecule has 1 aliphatic rings. The Labute approximate surface area is 215 Å². The number of aliphatic hydroxyl groups excluding tert-OH is 1. The highest BCUT2D eigenvalue weighted by Gasteiger charge is 2.28. The smallest absolute Gasteiger partial charge is 0.252 e. The van der Waals surface area contributed by atoms with E-state index < -0.39 is 11.9 Å². The third-order valence-electron chi connectivity index (χ3n) is 7.11. The Balaban J connectivity index is 1.64. The van der Waals surface area contributed by atoms with E-state index in [1.165, 1.54) is 18.2 Å². The highest BCUT2D eigenvalue weighted by Crippen LogP contribution is 2.41. The molecule has 0 bridgehead atoms. The van der Waals surface area contributed by atoms with Crippen LogP contribution in [0.3, 0.4) is 0 Å². The van der Waals surface area contributed by atoms with Gasteiger partial charge in [-0.3, -0.25) is 4.79 Å². The fourth-order valence-corrected chi connectivity index (χ4v) is 5.20. The van der Waals surface area contributed by atoms with Crippen LogP contribution in [0.1, 0.15) is 66.6 Å². The number of unbranched alkanes of at least 4 members (excludes halogenated alkanes) is 3. The predicted molar refractivity (Wildman–Crippen MR) is 142 cm³/mol. The molecule has 0 radical (unpaired) electrons. The van der Waals surface area contributed by atoms with E-state index in [1.54, 1.807) is 30.3 Å². The largest absolute Gasteiger partial charge is 0.388 e. The zero-order chi connectivity index (χ0) is 25.9. The zero-order valence-corrected chi connectivity index (χ0v) is 20.9. The summed E-state index contributed by atoms with van der Waals surface area (Å²) in [5.41, 5.74) is 4.66. The summed E-state index contributed by atoms with van der Waals surface area (Å²) < 4.78 is 28.8. The number of aromatic nitrogens is 1. The number of hydrogen-bond acceptors (Lipinski definition) is 3. The molecule has 5 rings (SSSR count). The minimum Gasteiger partial charge on any atom is -0.388 e. The molecule has 1 heterocycles. The lowest BCUT2D eigenvalue weighted by atomic mass is 9.92.